The van der Waals surface area contributed by atoms with E-state index in [2.05, 4.69) is 0 Å². The van der Waals surface area contributed by atoms with E-state index >= 15 is 0 Å². The molecule has 0 aromatic heterocycles. The number of hydrogen-bond acceptors (Lipinski definition) is 10. The molecule has 1 fully saturated rings. The summed E-state index contributed by atoms with van der Waals surface area (Å²) >= 11 is 0. The molecular formula is C22H24O10. The van der Waals surface area contributed by atoms with E-state index in [-0.39, 0.29) is 23.9 Å². The van der Waals surface area contributed by atoms with Crippen LogP contribution < -0.4 is 4.74 Å². The van der Waals surface area contributed by atoms with Gasteiger partial charge in [-0.15, -0.1) is 0 Å². The number of hydrogen-bond donors (Lipinski definition) is 6. The average Bonchev–Trinajstić information content (AvgIpc) is 2.78. The monoisotopic (exact) mass is 448 g/mol. The van der Waals surface area contributed by atoms with Gasteiger partial charge >= 0.3 is 5.97 Å². The van der Waals surface area contributed by atoms with Gasteiger partial charge in [0.05, 0.1) is 6.61 Å². The molecule has 172 valence electrons. The van der Waals surface area contributed by atoms with Crippen molar-refractivity contribution in [3.63, 3.8) is 0 Å². The van der Waals surface area contributed by atoms with Crippen molar-refractivity contribution in [1.29, 1.82) is 0 Å². The summed E-state index contributed by atoms with van der Waals surface area (Å²) in [5.74, 6) is -1.07. The van der Waals surface area contributed by atoms with Crippen molar-refractivity contribution in [2.75, 3.05) is 6.61 Å². The minimum absolute atomic E-state index is 0.0245. The Morgan fingerprint density at radius 3 is 2.44 bits per heavy atom. The molecular weight excluding hydrogens is 424 g/mol. The number of carbonyl (C=O) groups is 1. The number of esters is 1. The number of aromatic hydroxyl groups is 2. The topological polar surface area (TPSA) is 166 Å². The standard InChI is InChI=1S/C22H24O10/c23-10-17-19(27)20(28)21(29)22(32-17)31-16-7-5-12(9-15(16)25)11-30-18(26)8-6-13-3-1-2-4-14(13)24/h1-9,17,19-25,27-29H,10-11H2/b8-6+/t17-,19-,20+,21-,22-/m0/s1. The maximum atomic E-state index is 11.9. The van der Waals surface area contributed by atoms with Crippen LogP contribution in [0.2, 0.25) is 0 Å². The number of benzene rings is 2. The molecule has 0 unspecified atom stereocenters. The molecule has 32 heavy (non-hydrogen) atoms. The second kappa shape index (κ2) is 10.4. The summed E-state index contributed by atoms with van der Waals surface area (Å²) in [7, 11) is 0. The molecule has 2 aromatic carbocycles. The van der Waals surface area contributed by atoms with Gasteiger partial charge in [0.15, 0.2) is 11.5 Å². The fourth-order valence-corrected chi connectivity index (χ4v) is 3.03. The molecule has 0 aliphatic carbocycles. The Morgan fingerprint density at radius 1 is 1.00 bits per heavy atom. The molecule has 0 saturated carbocycles. The lowest BCUT2D eigenvalue weighted by Gasteiger charge is -2.39. The van der Waals surface area contributed by atoms with Crippen molar-refractivity contribution in [1.82, 2.24) is 0 Å². The van der Waals surface area contributed by atoms with Gasteiger partial charge in [-0.1, -0.05) is 24.3 Å². The maximum absolute atomic E-state index is 11.9. The molecule has 1 aliphatic heterocycles. The Morgan fingerprint density at radius 2 is 1.75 bits per heavy atom. The molecule has 0 spiro atoms. The van der Waals surface area contributed by atoms with Crippen LogP contribution in [0.3, 0.4) is 0 Å². The number of aliphatic hydroxyl groups is 4. The van der Waals surface area contributed by atoms with Crippen molar-refractivity contribution in [2.24, 2.45) is 0 Å². The van der Waals surface area contributed by atoms with Crippen LogP contribution in [0, 0.1) is 0 Å². The van der Waals surface area contributed by atoms with Crippen LogP contribution in [0.5, 0.6) is 17.2 Å². The lowest BCUT2D eigenvalue weighted by Crippen LogP contribution is -2.60. The predicted octanol–water partition coefficient (Wildman–Crippen LogP) is 0.0331. The number of ether oxygens (including phenoxy) is 3. The molecule has 0 amide bonds. The summed E-state index contributed by atoms with van der Waals surface area (Å²) in [6.45, 7) is -0.767. The molecule has 0 bridgehead atoms. The number of aliphatic hydroxyl groups excluding tert-OH is 4. The van der Waals surface area contributed by atoms with Gasteiger partial charge in [-0.25, -0.2) is 4.79 Å². The van der Waals surface area contributed by atoms with Crippen molar-refractivity contribution in [3.8, 4) is 17.2 Å². The lowest BCUT2D eigenvalue weighted by atomic mass is 9.99. The first-order chi connectivity index (χ1) is 15.3. The van der Waals surface area contributed by atoms with E-state index in [0.29, 0.717) is 11.1 Å². The zero-order valence-corrected chi connectivity index (χ0v) is 16.8. The number of phenols is 2. The summed E-state index contributed by atoms with van der Waals surface area (Å²) in [6, 6.07) is 10.6. The first-order valence-corrected chi connectivity index (χ1v) is 9.72. The third-order valence-electron chi connectivity index (χ3n) is 4.83. The molecule has 2 aromatic rings. The van der Waals surface area contributed by atoms with Gasteiger partial charge in [-0.2, -0.15) is 0 Å². The third kappa shape index (κ3) is 5.55. The Kier molecular flexibility index (Phi) is 7.67. The highest BCUT2D eigenvalue weighted by molar-refractivity contribution is 5.87. The van der Waals surface area contributed by atoms with Crippen molar-refractivity contribution in [2.45, 2.75) is 37.3 Å². The molecule has 3 rings (SSSR count). The Labute approximate surface area is 183 Å². The first kappa shape index (κ1) is 23.5. The zero-order chi connectivity index (χ0) is 23.3. The number of para-hydroxylation sites is 1. The van der Waals surface area contributed by atoms with E-state index in [1.807, 2.05) is 0 Å². The van der Waals surface area contributed by atoms with Gasteiger partial charge < -0.3 is 44.8 Å². The van der Waals surface area contributed by atoms with Crippen LogP contribution in [0.25, 0.3) is 6.08 Å². The summed E-state index contributed by atoms with van der Waals surface area (Å²) in [5.41, 5.74) is 0.893. The number of rotatable bonds is 7. The van der Waals surface area contributed by atoms with Crippen LogP contribution in [-0.2, 0) is 20.9 Å². The molecule has 5 atom stereocenters. The van der Waals surface area contributed by atoms with Crippen LogP contribution >= 0.6 is 0 Å². The van der Waals surface area contributed by atoms with Crippen molar-refractivity contribution >= 4 is 12.0 Å². The largest absolute Gasteiger partial charge is 0.507 e. The van der Waals surface area contributed by atoms with Gasteiger partial charge in [0.25, 0.3) is 0 Å². The van der Waals surface area contributed by atoms with Gasteiger partial charge in [0.1, 0.15) is 36.8 Å². The first-order valence-electron chi connectivity index (χ1n) is 9.72. The van der Waals surface area contributed by atoms with Crippen LogP contribution in [0.15, 0.2) is 48.5 Å². The van der Waals surface area contributed by atoms with Gasteiger partial charge in [-0.05, 0) is 29.8 Å². The van der Waals surface area contributed by atoms with Crippen LogP contribution in [0.4, 0.5) is 0 Å². The predicted molar refractivity (Wildman–Crippen MR) is 109 cm³/mol. The summed E-state index contributed by atoms with van der Waals surface area (Å²) in [5, 5.41) is 58.7. The molecule has 1 saturated heterocycles. The molecule has 10 nitrogen and oxygen atoms in total. The minimum Gasteiger partial charge on any atom is -0.507 e. The molecule has 6 N–H and O–H groups in total. The highest BCUT2D eigenvalue weighted by atomic mass is 16.7. The van der Waals surface area contributed by atoms with Gasteiger partial charge in [-0.3, -0.25) is 0 Å². The van der Waals surface area contributed by atoms with E-state index < -0.39 is 43.3 Å². The summed E-state index contributed by atoms with van der Waals surface area (Å²) < 4.78 is 15.7. The van der Waals surface area contributed by atoms with Crippen molar-refractivity contribution < 1.29 is 49.6 Å². The molecule has 10 heteroatoms. The fraction of sp³-hybridized carbons (Fsp3) is 0.318. The van der Waals surface area contributed by atoms with Crippen LogP contribution in [0.1, 0.15) is 11.1 Å². The summed E-state index contributed by atoms with van der Waals surface area (Å²) in [4.78, 5) is 11.9. The second-order valence-corrected chi connectivity index (χ2v) is 7.12. The molecule has 1 heterocycles. The smallest absolute Gasteiger partial charge is 0.331 e. The fourth-order valence-electron chi connectivity index (χ4n) is 3.03. The quantitative estimate of drug-likeness (QED) is 0.251. The summed E-state index contributed by atoms with van der Waals surface area (Å²) in [6.07, 6.45) is -4.79. The van der Waals surface area contributed by atoms with Gasteiger partial charge in [0.2, 0.25) is 6.29 Å². The second-order valence-electron chi connectivity index (χ2n) is 7.12. The van der Waals surface area contributed by atoms with E-state index in [4.69, 9.17) is 14.2 Å². The minimum atomic E-state index is -1.62. The number of carbonyl (C=O) groups excluding carboxylic acids is 1. The van der Waals surface area contributed by atoms with E-state index in [1.54, 1.807) is 18.2 Å². The highest BCUT2D eigenvalue weighted by Crippen LogP contribution is 2.31. The SMILES string of the molecule is O=C(/C=C/c1ccccc1O)OCc1ccc(O[C@H]2O[C@@H](CO)[C@H](O)[C@@H](O)[C@@H]2O)c(O)c1. The Balaban J connectivity index is 1.58. The Bertz CT molecular complexity index is 957. The maximum Gasteiger partial charge on any atom is 0.331 e. The number of phenolic OH excluding ortho intramolecular Hbond substituents is 2. The third-order valence-corrected chi connectivity index (χ3v) is 4.83. The Hall–Kier alpha value is -3.15. The highest BCUT2D eigenvalue weighted by Gasteiger charge is 2.44. The van der Waals surface area contributed by atoms with E-state index in [9.17, 15) is 35.4 Å². The van der Waals surface area contributed by atoms with Gasteiger partial charge in [0, 0.05) is 11.6 Å². The molecule has 0 radical (unpaired) electrons. The molecule has 1 aliphatic rings. The van der Waals surface area contributed by atoms with Crippen molar-refractivity contribution in [3.05, 3.63) is 59.7 Å². The zero-order valence-electron chi connectivity index (χ0n) is 16.8. The van der Waals surface area contributed by atoms with E-state index in [1.165, 1.54) is 30.3 Å². The lowest BCUT2D eigenvalue weighted by molar-refractivity contribution is -0.277. The normalized spacial score (nSPS) is 25.6. The average molecular weight is 448 g/mol. The van der Waals surface area contributed by atoms with E-state index in [0.717, 1.165) is 6.08 Å². The van der Waals surface area contributed by atoms with Crippen LogP contribution in [-0.4, -0.2) is 73.9 Å².